The number of nitrogens with zero attached hydrogens (tertiary/aromatic N) is 1. The highest BCUT2D eigenvalue weighted by Crippen LogP contribution is 2.22. The number of aliphatic imine (C=N–C) groups is 1. The molecule has 0 spiro atoms. The second-order valence-corrected chi connectivity index (χ2v) is 2.55. The molecule has 0 N–H and O–H groups in total. The minimum atomic E-state index is 0.644. The molecule has 0 aromatic heterocycles. The van der Waals surface area contributed by atoms with Crippen molar-refractivity contribution in [1.29, 1.82) is 0 Å². The van der Waals surface area contributed by atoms with Crippen LogP contribution in [0.3, 0.4) is 0 Å². The molecule has 1 aliphatic carbocycles. The van der Waals surface area contributed by atoms with E-state index < -0.39 is 0 Å². The van der Waals surface area contributed by atoms with E-state index in [1.165, 1.54) is 11.7 Å². The van der Waals surface area contributed by atoms with E-state index >= 15 is 0 Å². The molecule has 0 aliphatic heterocycles. The highest BCUT2D eigenvalue weighted by atomic mass is 16.1. The monoisotopic (exact) mass is 147 g/mol. The highest BCUT2D eigenvalue weighted by Gasteiger charge is 2.05. The van der Waals surface area contributed by atoms with Crippen molar-refractivity contribution in [2.24, 2.45) is 4.99 Å². The zero-order valence-corrected chi connectivity index (χ0v) is 6.42. The van der Waals surface area contributed by atoms with Crippen LogP contribution in [0, 0.1) is 0 Å². The smallest absolute Gasteiger partial charge is 0.211 e. The van der Waals surface area contributed by atoms with Crippen LogP contribution in [0.25, 0.3) is 0 Å². The fourth-order valence-electron chi connectivity index (χ4n) is 0.991. The molecule has 2 nitrogen and oxygen atoms in total. The molecule has 0 amide bonds. The van der Waals surface area contributed by atoms with Gasteiger partial charge in [-0.1, -0.05) is 18.2 Å². The lowest BCUT2D eigenvalue weighted by molar-refractivity contribution is 0.564. The van der Waals surface area contributed by atoms with Gasteiger partial charge in [0.15, 0.2) is 0 Å². The second kappa shape index (κ2) is 3.13. The number of rotatable bonds is 1. The first-order valence-corrected chi connectivity index (χ1v) is 3.37. The van der Waals surface area contributed by atoms with E-state index in [0.29, 0.717) is 5.70 Å². The first kappa shape index (κ1) is 7.70. The Kier molecular flexibility index (Phi) is 2.19. The standard InChI is InChI=1S/C9H9NO/c1-7-3-4-9(10-6-11)8(2)5-7/h3-4H,2,5H2,1H3. The average Bonchev–Trinajstić information content (AvgIpc) is 1.95. The van der Waals surface area contributed by atoms with Crippen LogP contribution >= 0.6 is 0 Å². The molecular formula is C9H9NO. The highest BCUT2D eigenvalue weighted by molar-refractivity contribution is 5.46. The SMILES string of the molecule is C=C1CC(C)=CC=C1N=C=O. The van der Waals surface area contributed by atoms with Gasteiger partial charge in [0.1, 0.15) is 0 Å². The Morgan fingerprint density at radius 2 is 2.36 bits per heavy atom. The molecule has 2 heteroatoms. The summed E-state index contributed by atoms with van der Waals surface area (Å²) in [5.41, 5.74) is 2.76. The molecule has 0 bridgehead atoms. The van der Waals surface area contributed by atoms with Crippen LogP contribution in [0.15, 0.2) is 40.6 Å². The van der Waals surface area contributed by atoms with E-state index in [2.05, 4.69) is 11.6 Å². The van der Waals surface area contributed by atoms with E-state index in [0.717, 1.165) is 12.0 Å². The van der Waals surface area contributed by atoms with Crippen molar-refractivity contribution in [3.8, 4) is 0 Å². The van der Waals surface area contributed by atoms with Gasteiger partial charge < -0.3 is 0 Å². The van der Waals surface area contributed by atoms with Crippen molar-refractivity contribution in [1.82, 2.24) is 0 Å². The van der Waals surface area contributed by atoms with Crippen LogP contribution in [0.1, 0.15) is 13.3 Å². The first-order chi connectivity index (χ1) is 5.24. The van der Waals surface area contributed by atoms with Gasteiger partial charge in [0.25, 0.3) is 0 Å². The number of isocyanates is 1. The summed E-state index contributed by atoms with van der Waals surface area (Å²) in [7, 11) is 0. The van der Waals surface area contributed by atoms with Crippen molar-refractivity contribution in [3.05, 3.63) is 35.6 Å². The molecule has 0 saturated heterocycles. The predicted molar refractivity (Wildman–Crippen MR) is 43.7 cm³/mol. The van der Waals surface area contributed by atoms with Gasteiger partial charge >= 0.3 is 0 Å². The molecule has 0 saturated carbocycles. The number of carbonyl (C=O) groups excluding carboxylic acids is 1. The first-order valence-electron chi connectivity index (χ1n) is 3.37. The van der Waals surface area contributed by atoms with E-state index in [1.807, 2.05) is 13.0 Å². The second-order valence-electron chi connectivity index (χ2n) is 2.55. The molecule has 0 radical (unpaired) electrons. The van der Waals surface area contributed by atoms with Gasteiger partial charge in [0, 0.05) is 0 Å². The number of allylic oxidation sites excluding steroid dienone is 4. The summed E-state index contributed by atoms with van der Waals surface area (Å²) in [6, 6.07) is 0. The van der Waals surface area contributed by atoms with E-state index in [9.17, 15) is 4.79 Å². The molecule has 0 atom stereocenters. The topological polar surface area (TPSA) is 29.4 Å². The maximum absolute atomic E-state index is 9.91. The zero-order valence-electron chi connectivity index (χ0n) is 6.42. The van der Waals surface area contributed by atoms with E-state index in [1.54, 1.807) is 6.08 Å². The van der Waals surface area contributed by atoms with Gasteiger partial charge in [-0.25, -0.2) is 4.79 Å². The van der Waals surface area contributed by atoms with E-state index in [-0.39, 0.29) is 0 Å². The molecule has 0 fully saturated rings. The molecule has 0 aromatic rings. The fraction of sp³-hybridized carbons (Fsp3) is 0.222. The fourth-order valence-corrected chi connectivity index (χ4v) is 0.991. The Morgan fingerprint density at radius 3 is 2.91 bits per heavy atom. The third kappa shape index (κ3) is 1.76. The van der Waals surface area contributed by atoms with Gasteiger partial charge in [-0.15, -0.1) is 0 Å². The van der Waals surface area contributed by atoms with Crippen molar-refractivity contribution in [3.63, 3.8) is 0 Å². The Labute approximate surface area is 65.6 Å². The van der Waals surface area contributed by atoms with Gasteiger partial charge in [0.2, 0.25) is 6.08 Å². The summed E-state index contributed by atoms with van der Waals surface area (Å²) in [6.45, 7) is 5.80. The Morgan fingerprint density at radius 1 is 1.64 bits per heavy atom. The minimum absolute atomic E-state index is 0.644. The van der Waals surface area contributed by atoms with Crippen molar-refractivity contribution in [2.45, 2.75) is 13.3 Å². The maximum Gasteiger partial charge on any atom is 0.240 e. The van der Waals surface area contributed by atoms with Crippen molar-refractivity contribution >= 4 is 6.08 Å². The van der Waals surface area contributed by atoms with Crippen molar-refractivity contribution in [2.75, 3.05) is 0 Å². The Bertz CT molecular complexity index is 291. The minimum Gasteiger partial charge on any atom is -0.211 e. The molecule has 1 aliphatic rings. The largest absolute Gasteiger partial charge is 0.240 e. The Balaban J connectivity index is 2.95. The van der Waals surface area contributed by atoms with Crippen LogP contribution in [0.5, 0.6) is 0 Å². The van der Waals surface area contributed by atoms with Crippen LogP contribution in [0.4, 0.5) is 0 Å². The summed E-state index contributed by atoms with van der Waals surface area (Å²) in [5, 5.41) is 0. The van der Waals surface area contributed by atoms with Gasteiger partial charge in [-0.2, -0.15) is 4.99 Å². The van der Waals surface area contributed by atoms with Crippen molar-refractivity contribution < 1.29 is 4.79 Å². The average molecular weight is 147 g/mol. The van der Waals surface area contributed by atoms with Gasteiger partial charge in [-0.05, 0) is 25.0 Å². The van der Waals surface area contributed by atoms with Crippen LogP contribution in [0.2, 0.25) is 0 Å². The predicted octanol–water partition coefficient (Wildman–Crippen LogP) is 2.11. The molecular weight excluding hydrogens is 138 g/mol. The molecule has 0 unspecified atom stereocenters. The summed E-state index contributed by atoms with van der Waals surface area (Å²) in [4.78, 5) is 13.4. The van der Waals surface area contributed by atoms with Gasteiger partial charge in [-0.3, -0.25) is 0 Å². The summed E-state index contributed by atoms with van der Waals surface area (Å²) >= 11 is 0. The zero-order chi connectivity index (χ0) is 8.27. The van der Waals surface area contributed by atoms with Crippen LogP contribution in [-0.2, 0) is 4.79 Å². The Hall–Kier alpha value is -1.40. The molecule has 1 rings (SSSR count). The summed E-state index contributed by atoms with van der Waals surface area (Å²) in [6.07, 6.45) is 6.02. The number of hydrogen-bond donors (Lipinski definition) is 0. The molecule has 0 aromatic carbocycles. The lowest BCUT2D eigenvalue weighted by atomic mass is 10.00. The normalized spacial score (nSPS) is 16.6. The molecule has 0 heterocycles. The van der Waals surface area contributed by atoms with Crippen LogP contribution in [-0.4, -0.2) is 6.08 Å². The molecule has 11 heavy (non-hydrogen) atoms. The lowest BCUT2D eigenvalue weighted by Gasteiger charge is -2.08. The van der Waals surface area contributed by atoms with E-state index in [4.69, 9.17) is 0 Å². The quantitative estimate of drug-likeness (QED) is 0.412. The third-order valence-electron chi connectivity index (χ3n) is 1.55. The number of hydrogen-bond acceptors (Lipinski definition) is 2. The van der Waals surface area contributed by atoms with Gasteiger partial charge in [0.05, 0.1) is 5.70 Å². The summed E-state index contributed by atoms with van der Waals surface area (Å²) < 4.78 is 0. The maximum atomic E-state index is 9.91. The third-order valence-corrected chi connectivity index (χ3v) is 1.55. The van der Waals surface area contributed by atoms with Crippen LogP contribution < -0.4 is 0 Å². The lowest BCUT2D eigenvalue weighted by Crippen LogP contribution is -1.91. The summed E-state index contributed by atoms with van der Waals surface area (Å²) in [5.74, 6) is 0. The molecule has 56 valence electrons.